The minimum absolute atomic E-state index is 0.0327. The SMILES string of the molecule is COc1ccc(/C(O)=C2\C(=O)C(=O)N(c3ccc4c(c3)OCCO4)C2c2ccc(N(C)C)cc2)cc1OC. The molecular weight excluding hydrogens is 488 g/mol. The maximum absolute atomic E-state index is 13.5. The molecule has 0 spiro atoms. The van der Waals surface area contributed by atoms with Crippen LogP contribution < -0.4 is 28.7 Å². The molecule has 2 heterocycles. The molecule has 2 aliphatic heterocycles. The predicted octanol–water partition coefficient (Wildman–Crippen LogP) is 4.17. The van der Waals surface area contributed by atoms with Gasteiger partial charge in [-0.2, -0.15) is 0 Å². The molecule has 2 aliphatic rings. The molecule has 3 aromatic carbocycles. The Morgan fingerprint density at radius 2 is 1.58 bits per heavy atom. The highest BCUT2D eigenvalue weighted by Crippen LogP contribution is 2.45. The molecule has 3 aromatic rings. The highest BCUT2D eigenvalue weighted by molar-refractivity contribution is 6.51. The van der Waals surface area contributed by atoms with Gasteiger partial charge in [-0.25, -0.2) is 0 Å². The predicted molar refractivity (Wildman–Crippen MR) is 143 cm³/mol. The van der Waals surface area contributed by atoms with Crippen LogP contribution >= 0.6 is 0 Å². The first-order valence-corrected chi connectivity index (χ1v) is 12.0. The van der Waals surface area contributed by atoms with Crippen molar-refractivity contribution in [2.45, 2.75) is 6.04 Å². The summed E-state index contributed by atoms with van der Waals surface area (Å²) in [6.07, 6.45) is 0. The van der Waals surface area contributed by atoms with Crippen molar-refractivity contribution in [3.63, 3.8) is 0 Å². The standard InChI is InChI=1S/C29H28N2O7/c1-30(2)19-8-5-17(6-9-19)26-25(27(32)18-7-11-21(35-3)23(15-18)36-4)28(33)29(34)31(26)20-10-12-22-24(16-20)38-14-13-37-22/h5-12,15-16,26,32H,13-14H2,1-4H3/b27-25+. The second-order valence-corrected chi connectivity index (χ2v) is 9.05. The van der Waals surface area contributed by atoms with Gasteiger partial charge in [0.05, 0.1) is 25.8 Å². The number of fused-ring (bicyclic) bond motifs is 1. The minimum atomic E-state index is -0.887. The fraction of sp³-hybridized carbons (Fsp3) is 0.241. The van der Waals surface area contributed by atoms with E-state index in [2.05, 4.69) is 0 Å². The van der Waals surface area contributed by atoms with Crippen LogP contribution in [-0.4, -0.2) is 58.3 Å². The molecule has 0 aromatic heterocycles. The molecule has 9 nitrogen and oxygen atoms in total. The van der Waals surface area contributed by atoms with E-state index in [0.29, 0.717) is 53.0 Å². The van der Waals surface area contributed by atoms with Gasteiger partial charge in [0, 0.05) is 37.1 Å². The van der Waals surface area contributed by atoms with Gasteiger partial charge in [-0.1, -0.05) is 12.1 Å². The Balaban J connectivity index is 1.69. The first-order valence-electron chi connectivity index (χ1n) is 12.0. The largest absolute Gasteiger partial charge is 0.507 e. The minimum Gasteiger partial charge on any atom is -0.507 e. The highest BCUT2D eigenvalue weighted by Gasteiger charge is 2.47. The van der Waals surface area contributed by atoms with E-state index in [1.807, 2.05) is 43.3 Å². The first-order chi connectivity index (χ1) is 18.3. The van der Waals surface area contributed by atoms with E-state index in [4.69, 9.17) is 18.9 Å². The molecule has 1 atom stereocenters. The number of benzene rings is 3. The Bertz CT molecular complexity index is 1430. The summed E-state index contributed by atoms with van der Waals surface area (Å²) >= 11 is 0. The van der Waals surface area contributed by atoms with Crippen LogP contribution in [0, 0.1) is 0 Å². The zero-order chi connectivity index (χ0) is 27.0. The lowest BCUT2D eigenvalue weighted by molar-refractivity contribution is -0.132. The molecule has 38 heavy (non-hydrogen) atoms. The average molecular weight is 517 g/mol. The topological polar surface area (TPSA) is 97.8 Å². The van der Waals surface area contributed by atoms with E-state index in [9.17, 15) is 14.7 Å². The van der Waals surface area contributed by atoms with Gasteiger partial charge in [0.1, 0.15) is 19.0 Å². The van der Waals surface area contributed by atoms with Crippen molar-refractivity contribution in [2.24, 2.45) is 0 Å². The zero-order valence-corrected chi connectivity index (χ0v) is 21.6. The number of carbonyl (C=O) groups excluding carboxylic acids is 2. The van der Waals surface area contributed by atoms with Gasteiger partial charge in [0.25, 0.3) is 11.7 Å². The summed E-state index contributed by atoms with van der Waals surface area (Å²) in [4.78, 5) is 30.3. The summed E-state index contributed by atoms with van der Waals surface area (Å²) in [6, 6.07) is 16.5. The third-order valence-electron chi connectivity index (χ3n) is 6.63. The van der Waals surface area contributed by atoms with Gasteiger partial charge in [-0.15, -0.1) is 0 Å². The van der Waals surface area contributed by atoms with Crippen LogP contribution in [0.15, 0.2) is 66.2 Å². The second kappa shape index (κ2) is 10.0. The van der Waals surface area contributed by atoms with Crippen molar-refractivity contribution in [2.75, 3.05) is 51.3 Å². The quantitative estimate of drug-likeness (QED) is 0.296. The number of hydrogen-bond acceptors (Lipinski definition) is 8. The number of carbonyl (C=O) groups is 2. The van der Waals surface area contributed by atoms with E-state index in [0.717, 1.165) is 5.69 Å². The van der Waals surface area contributed by atoms with Crippen LogP contribution in [0.2, 0.25) is 0 Å². The maximum Gasteiger partial charge on any atom is 0.300 e. The second-order valence-electron chi connectivity index (χ2n) is 9.05. The molecule has 1 N–H and O–H groups in total. The van der Waals surface area contributed by atoms with Gasteiger partial charge in [0.2, 0.25) is 0 Å². The van der Waals surface area contributed by atoms with Crippen LogP contribution in [-0.2, 0) is 9.59 Å². The van der Waals surface area contributed by atoms with Crippen molar-refractivity contribution < 1.29 is 33.6 Å². The number of aliphatic hydroxyl groups excluding tert-OH is 1. The van der Waals surface area contributed by atoms with Crippen molar-refractivity contribution >= 4 is 28.8 Å². The summed E-state index contributed by atoms with van der Waals surface area (Å²) in [5, 5.41) is 11.5. The normalized spacial score (nSPS) is 17.9. The van der Waals surface area contributed by atoms with Crippen LogP contribution in [0.3, 0.4) is 0 Å². The molecule has 1 saturated heterocycles. The number of methoxy groups -OCH3 is 2. The Labute approximate surface area is 220 Å². The van der Waals surface area contributed by atoms with Crippen molar-refractivity contribution in [1.82, 2.24) is 0 Å². The maximum atomic E-state index is 13.5. The number of rotatable bonds is 6. The summed E-state index contributed by atoms with van der Waals surface area (Å²) in [5.74, 6) is 0.0254. The van der Waals surface area contributed by atoms with Crippen molar-refractivity contribution in [1.29, 1.82) is 0 Å². The number of Topliss-reactive ketones (excluding diaryl/α,β-unsaturated/α-hetero) is 1. The molecular formula is C29H28N2O7. The summed E-state index contributed by atoms with van der Waals surface area (Å²) in [5.41, 5.74) is 2.34. The Hall–Kier alpha value is -4.66. The molecule has 196 valence electrons. The van der Waals surface area contributed by atoms with Gasteiger partial charge in [-0.05, 0) is 48.0 Å². The average Bonchev–Trinajstić information content (AvgIpc) is 3.21. The molecule has 1 unspecified atom stereocenters. The molecule has 0 radical (unpaired) electrons. The molecule has 1 amide bonds. The monoisotopic (exact) mass is 516 g/mol. The lowest BCUT2D eigenvalue weighted by Gasteiger charge is -2.27. The van der Waals surface area contributed by atoms with Gasteiger partial charge in [-0.3, -0.25) is 14.5 Å². The lowest BCUT2D eigenvalue weighted by Crippen LogP contribution is -2.29. The Morgan fingerprint density at radius 3 is 2.24 bits per heavy atom. The number of anilines is 2. The first kappa shape index (κ1) is 25.0. The number of ether oxygens (including phenoxy) is 4. The third kappa shape index (κ3) is 4.26. The van der Waals surface area contributed by atoms with E-state index in [-0.39, 0.29) is 11.3 Å². The smallest absolute Gasteiger partial charge is 0.300 e. The molecule has 0 saturated carbocycles. The highest BCUT2D eigenvalue weighted by atomic mass is 16.6. The van der Waals surface area contributed by atoms with Crippen LogP contribution in [0.4, 0.5) is 11.4 Å². The Morgan fingerprint density at radius 1 is 0.895 bits per heavy atom. The molecule has 0 aliphatic carbocycles. The summed E-state index contributed by atoms with van der Waals surface area (Å²) in [7, 11) is 6.84. The van der Waals surface area contributed by atoms with Crippen LogP contribution in [0.5, 0.6) is 23.0 Å². The van der Waals surface area contributed by atoms with Gasteiger partial charge >= 0.3 is 0 Å². The number of ketones is 1. The number of amides is 1. The summed E-state index contributed by atoms with van der Waals surface area (Å²) in [6.45, 7) is 0.810. The van der Waals surface area contributed by atoms with E-state index in [1.165, 1.54) is 19.1 Å². The molecule has 5 rings (SSSR count). The van der Waals surface area contributed by atoms with Crippen molar-refractivity contribution in [3.8, 4) is 23.0 Å². The number of hydrogen-bond donors (Lipinski definition) is 1. The fourth-order valence-electron chi connectivity index (χ4n) is 4.69. The van der Waals surface area contributed by atoms with Crippen LogP contribution in [0.25, 0.3) is 5.76 Å². The molecule has 0 bridgehead atoms. The molecule has 9 heteroatoms. The van der Waals surface area contributed by atoms with E-state index in [1.54, 1.807) is 36.4 Å². The molecule has 1 fully saturated rings. The Kier molecular flexibility index (Phi) is 6.59. The van der Waals surface area contributed by atoms with E-state index < -0.39 is 17.7 Å². The zero-order valence-electron chi connectivity index (χ0n) is 21.6. The lowest BCUT2D eigenvalue weighted by atomic mass is 9.94. The third-order valence-corrected chi connectivity index (χ3v) is 6.63. The van der Waals surface area contributed by atoms with E-state index >= 15 is 0 Å². The fourth-order valence-corrected chi connectivity index (χ4v) is 4.69. The van der Waals surface area contributed by atoms with Crippen molar-refractivity contribution in [3.05, 3.63) is 77.4 Å². The van der Waals surface area contributed by atoms with Crippen LogP contribution in [0.1, 0.15) is 17.2 Å². The number of nitrogens with zero attached hydrogens (tertiary/aromatic N) is 2. The van der Waals surface area contributed by atoms with Gasteiger partial charge in [0.15, 0.2) is 23.0 Å². The summed E-state index contributed by atoms with van der Waals surface area (Å²) < 4.78 is 22.0. The number of aliphatic hydroxyl groups is 1. The van der Waals surface area contributed by atoms with Gasteiger partial charge < -0.3 is 29.0 Å².